The highest BCUT2D eigenvalue weighted by Crippen LogP contribution is 2.25. The molecule has 0 radical (unpaired) electrons. The summed E-state index contributed by atoms with van der Waals surface area (Å²) < 4.78 is 0. The fraction of sp³-hybridized carbons (Fsp3) is 0.235. The number of nitrogens with one attached hydrogen (secondary N) is 1. The fourth-order valence-corrected chi connectivity index (χ4v) is 2.54. The van der Waals surface area contributed by atoms with Crippen molar-refractivity contribution in [3.8, 4) is 0 Å². The molecule has 0 spiro atoms. The van der Waals surface area contributed by atoms with Gasteiger partial charge in [0.05, 0.1) is 11.4 Å². The first kappa shape index (κ1) is 12.0. The van der Waals surface area contributed by atoms with E-state index >= 15 is 0 Å². The molecule has 0 fully saturated rings. The van der Waals surface area contributed by atoms with Crippen LogP contribution in [0.2, 0.25) is 0 Å². The molecule has 1 aliphatic rings. The smallest absolute Gasteiger partial charge is 0.0889 e. The Morgan fingerprint density at radius 3 is 2.79 bits per heavy atom. The molecule has 2 aromatic rings. The van der Waals surface area contributed by atoms with Gasteiger partial charge in [0.2, 0.25) is 0 Å². The van der Waals surface area contributed by atoms with Crippen LogP contribution in [-0.4, -0.2) is 4.98 Å². The number of aryl methyl sites for hydroxylation is 1. The Bertz CT molecular complexity index is 587. The Morgan fingerprint density at radius 1 is 1.11 bits per heavy atom. The summed E-state index contributed by atoms with van der Waals surface area (Å²) in [6.07, 6.45) is 6.30. The van der Waals surface area contributed by atoms with E-state index in [1.807, 2.05) is 18.3 Å². The highest BCUT2D eigenvalue weighted by Gasteiger charge is 2.15. The maximum absolute atomic E-state index is 4.52. The normalized spacial score (nSPS) is 15.3. The molecule has 0 bridgehead atoms. The van der Waals surface area contributed by atoms with Crippen LogP contribution in [0.15, 0.2) is 54.7 Å². The van der Waals surface area contributed by atoms with Crippen LogP contribution in [-0.2, 0) is 6.42 Å². The highest BCUT2D eigenvalue weighted by molar-refractivity contribution is 5.65. The maximum atomic E-state index is 4.52. The average Bonchev–Trinajstić information content (AvgIpc) is 2.48. The van der Waals surface area contributed by atoms with E-state index in [4.69, 9.17) is 0 Å². The van der Waals surface area contributed by atoms with Crippen LogP contribution in [0.5, 0.6) is 0 Å². The van der Waals surface area contributed by atoms with E-state index in [1.54, 1.807) is 0 Å². The van der Waals surface area contributed by atoms with Crippen molar-refractivity contribution in [2.75, 3.05) is 0 Å². The predicted octanol–water partition coefficient (Wildman–Crippen LogP) is 3.72. The van der Waals surface area contributed by atoms with E-state index in [0.717, 1.165) is 18.5 Å². The lowest BCUT2D eigenvalue weighted by Gasteiger charge is -2.22. The lowest BCUT2D eigenvalue weighted by Crippen LogP contribution is -2.20. The molecule has 0 saturated carbocycles. The number of pyridine rings is 1. The highest BCUT2D eigenvalue weighted by atomic mass is 14.9. The topological polar surface area (TPSA) is 24.9 Å². The molecular formula is C17H18N2. The first-order valence-electron chi connectivity index (χ1n) is 6.80. The molecule has 1 atom stereocenters. The number of rotatable bonds is 3. The second kappa shape index (κ2) is 5.27. The van der Waals surface area contributed by atoms with Crippen molar-refractivity contribution in [3.05, 3.63) is 71.6 Å². The number of hydrogen-bond acceptors (Lipinski definition) is 2. The Labute approximate surface area is 114 Å². The average molecular weight is 250 g/mol. The summed E-state index contributed by atoms with van der Waals surface area (Å²) in [6, 6.07) is 15.0. The van der Waals surface area contributed by atoms with Gasteiger partial charge in [0.1, 0.15) is 0 Å². The molecule has 1 aliphatic carbocycles. The standard InChI is InChI=1S/C17H18N2/c1-13(14-7-3-2-4-8-14)19-16-11-5-9-15-10-6-12-18-17(15)16/h2-4,6-8,10-13,19H,5,9H2,1H3/t13-/m1/s1. The van der Waals surface area contributed by atoms with Crippen molar-refractivity contribution in [2.24, 2.45) is 0 Å². The molecule has 0 amide bonds. The zero-order chi connectivity index (χ0) is 13.1. The quantitative estimate of drug-likeness (QED) is 0.898. The maximum Gasteiger partial charge on any atom is 0.0889 e. The molecule has 1 N–H and O–H groups in total. The molecule has 0 aliphatic heterocycles. The Balaban J connectivity index is 1.83. The van der Waals surface area contributed by atoms with E-state index in [2.05, 4.69) is 53.6 Å². The van der Waals surface area contributed by atoms with Gasteiger partial charge in [-0.2, -0.15) is 0 Å². The molecule has 96 valence electrons. The molecule has 1 aromatic carbocycles. The van der Waals surface area contributed by atoms with Crippen molar-refractivity contribution in [1.29, 1.82) is 0 Å². The van der Waals surface area contributed by atoms with Crippen LogP contribution in [0.4, 0.5) is 0 Å². The van der Waals surface area contributed by atoms with Gasteiger partial charge in [-0.1, -0.05) is 42.5 Å². The number of allylic oxidation sites excluding steroid dienone is 1. The van der Waals surface area contributed by atoms with E-state index < -0.39 is 0 Å². The van der Waals surface area contributed by atoms with Crippen LogP contribution in [0.3, 0.4) is 0 Å². The molecule has 0 unspecified atom stereocenters. The van der Waals surface area contributed by atoms with Gasteiger partial charge < -0.3 is 5.32 Å². The Morgan fingerprint density at radius 2 is 1.95 bits per heavy atom. The molecule has 19 heavy (non-hydrogen) atoms. The third kappa shape index (κ3) is 2.53. The molecule has 2 heteroatoms. The summed E-state index contributed by atoms with van der Waals surface area (Å²) in [5.74, 6) is 0. The molecule has 3 rings (SSSR count). The second-order valence-electron chi connectivity index (χ2n) is 4.94. The third-order valence-electron chi connectivity index (χ3n) is 3.58. The van der Waals surface area contributed by atoms with E-state index in [9.17, 15) is 0 Å². The first-order valence-corrected chi connectivity index (χ1v) is 6.80. The van der Waals surface area contributed by atoms with E-state index in [0.29, 0.717) is 6.04 Å². The van der Waals surface area contributed by atoms with Crippen LogP contribution in [0.25, 0.3) is 5.70 Å². The third-order valence-corrected chi connectivity index (χ3v) is 3.58. The van der Waals surface area contributed by atoms with E-state index in [-0.39, 0.29) is 0 Å². The first-order chi connectivity index (χ1) is 9.34. The van der Waals surface area contributed by atoms with Gasteiger partial charge in [-0.25, -0.2) is 0 Å². The number of nitrogens with zero attached hydrogens (tertiary/aromatic N) is 1. The summed E-state index contributed by atoms with van der Waals surface area (Å²) in [6.45, 7) is 2.19. The number of aromatic nitrogens is 1. The van der Waals surface area contributed by atoms with Gasteiger partial charge in [-0.05, 0) is 37.0 Å². The summed E-state index contributed by atoms with van der Waals surface area (Å²) in [4.78, 5) is 4.52. The summed E-state index contributed by atoms with van der Waals surface area (Å²) in [7, 11) is 0. The molecule has 2 nitrogen and oxygen atoms in total. The van der Waals surface area contributed by atoms with Crippen molar-refractivity contribution in [2.45, 2.75) is 25.8 Å². The van der Waals surface area contributed by atoms with Gasteiger partial charge in [0, 0.05) is 12.2 Å². The molecule has 1 aromatic heterocycles. The second-order valence-corrected chi connectivity index (χ2v) is 4.94. The molecular weight excluding hydrogens is 232 g/mol. The molecule has 1 heterocycles. The number of fused-ring (bicyclic) bond motifs is 1. The van der Waals surface area contributed by atoms with Crippen molar-refractivity contribution < 1.29 is 0 Å². The fourth-order valence-electron chi connectivity index (χ4n) is 2.54. The number of benzene rings is 1. The van der Waals surface area contributed by atoms with Crippen LogP contribution in [0.1, 0.15) is 36.2 Å². The van der Waals surface area contributed by atoms with Crippen LogP contribution < -0.4 is 5.32 Å². The zero-order valence-electron chi connectivity index (χ0n) is 11.1. The summed E-state index contributed by atoms with van der Waals surface area (Å²) in [5.41, 5.74) is 4.91. The minimum atomic E-state index is 0.292. The van der Waals surface area contributed by atoms with Gasteiger partial charge in [0.25, 0.3) is 0 Å². The van der Waals surface area contributed by atoms with Crippen LogP contribution in [0, 0.1) is 0 Å². The van der Waals surface area contributed by atoms with Crippen LogP contribution >= 0.6 is 0 Å². The lowest BCUT2D eigenvalue weighted by atomic mass is 9.98. The van der Waals surface area contributed by atoms with E-state index in [1.165, 1.54) is 16.8 Å². The lowest BCUT2D eigenvalue weighted by molar-refractivity contribution is 0.691. The Hall–Kier alpha value is -2.09. The SMILES string of the molecule is C[C@@H](NC1=CCCc2cccnc21)c1ccccc1. The van der Waals surface area contributed by atoms with Gasteiger partial charge in [-0.15, -0.1) is 0 Å². The minimum absolute atomic E-state index is 0.292. The minimum Gasteiger partial charge on any atom is -0.377 e. The molecule has 0 saturated heterocycles. The van der Waals surface area contributed by atoms with Crippen molar-refractivity contribution in [3.63, 3.8) is 0 Å². The summed E-state index contributed by atoms with van der Waals surface area (Å²) in [5, 5.41) is 3.59. The largest absolute Gasteiger partial charge is 0.377 e. The summed E-state index contributed by atoms with van der Waals surface area (Å²) >= 11 is 0. The van der Waals surface area contributed by atoms with Gasteiger partial charge in [0.15, 0.2) is 0 Å². The van der Waals surface area contributed by atoms with Gasteiger partial charge in [-0.3, -0.25) is 4.98 Å². The zero-order valence-corrected chi connectivity index (χ0v) is 11.1. The van der Waals surface area contributed by atoms with Crippen molar-refractivity contribution in [1.82, 2.24) is 10.3 Å². The van der Waals surface area contributed by atoms with Gasteiger partial charge >= 0.3 is 0 Å². The number of hydrogen-bond donors (Lipinski definition) is 1. The predicted molar refractivity (Wildman–Crippen MR) is 78.5 cm³/mol. The Kier molecular flexibility index (Phi) is 3.32. The monoisotopic (exact) mass is 250 g/mol. The van der Waals surface area contributed by atoms with Crippen molar-refractivity contribution >= 4 is 5.70 Å².